The fourth-order valence-corrected chi connectivity index (χ4v) is 3.70. The number of fused-ring (bicyclic) bond motifs is 1. The van der Waals surface area contributed by atoms with E-state index in [1.54, 1.807) is 13.1 Å². The molecule has 1 amide bonds. The maximum absolute atomic E-state index is 14.3. The standard InChI is InChI=1S/C19H19ClFN3O3.Na/c1-10-22-9-12-15(23-10)6-3-7-16(12)24-19(27)11(8-17(25)26)18-13(20)4-2-5-14(18)21;/h2,4-5,9,11,16H,3,6-8H2,1H3,(H,24,27)(H,25,26);/q;+1/p-1. The zero-order valence-corrected chi connectivity index (χ0v) is 18.4. The number of aryl methyl sites for hydroxylation is 2. The number of hydrogen-bond acceptors (Lipinski definition) is 5. The minimum atomic E-state index is -1.46. The van der Waals surface area contributed by atoms with Crippen LogP contribution in [0.3, 0.4) is 0 Å². The second-order valence-corrected chi connectivity index (χ2v) is 6.94. The van der Waals surface area contributed by atoms with E-state index in [-0.39, 0.29) is 46.2 Å². The molecule has 28 heavy (non-hydrogen) atoms. The molecule has 2 atom stereocenters. The van der Waals surface area contributed by atoms with Gasteiger partial charge in [0.15, 0.2) is 0 Å². The average Bonchev–Trinajstić information content (AvgIpc) is 2.60. The summed E-state index contributed by atoms with van der Waals surface area (Å²) in [5, 5.41) is 14.0. The van der Waals surface area contributed by atoms with Crippen molar-refractivity contribution in [2.75, 3.05) is 0 Å². The maximum atomic E-state index is 14.3. The van der Waals surface area contributed by atoms with Crippen LogP contribution >= 0.6 is 11.6 Å². The first-order valence-corrected chi connectivity index (χ1v) is 9.01. The molecule has 0 aliphatic heterocycles. The van der Waals surface area contributed by atoms with E-state index < -0.39 is 30.0 Å². The molecule has 1 aliphatic carbocycles. The molecule has 0 radical (unpaired) electrons. The van der Waals surface area contributed by atoms with E-state index >= 15 is 0 Å². The maximum Gasteiger partial charge on any atom is 1.00 e. The van der Waals surface area contributed by atoms with Crippen LogP contribution in [0.5, 0.6) is 0 Å². The van der Waals surface area contributed by atoms with Crippen molar-refractivity contribution in [3.8, 4) is 0 Å². The summed E-state index contributed by atoms with van der Waals surface area (Å²) in [6.07, 6.45) is 3.27. The second-order valence-electron chi connectivity index (χ2n) is 6.54. The van der Waals surface area contributed by atoms with Crippen molar-refractivity contribution in [2.45, 2.75) is 44.6 Å². The summed E-state index contributed by atoms with van der Waals surface area (Å²) in [6.45, 7) is 1.79. The fraction of sp³-hybridized carbons (Fsp3) is 0.368. The molecule has 2 aromatic rings. The Morgan fingerprint density at radius 2 is 2.18 bits per heavy atom. The van der Waals surface area contributed by atoms with E-state index in [0.717, 1.165) is 30.2 Å². The number of benzene rings is 1. The van der Waals surface area contributed by atoms with Crippen LogP contribution in [0.15, 0.2) is 24.4 Å². The Hall–Kier alpha value is -1.54. The summed E-state index contributed by atoms with van der Waals surface area (Å²) in [6, 6.07) is 3.59. The van der Waals surface area contributed by atoms with Gasteiger partial charge in [-0.25, -0.2) is 14.4 Å². The molecule has 0 saturated carbocycles. The topological polar surface area (TPSA) is 95.0 Å². The van der Waals surface area contributed by atoms with Crippen LogP contribution in [0, 0.1) is 12.7 Å². The number of nitrogens with one attached hydrogen (secondary N) is 1. The van der Waals surface area contributed by atoms with Crippen LogP contribution < -0.4 is 40.0 Å². The average molecular weight is 414 g/mol. The number of nitrogens with zero attached hydrogens (tertiary/aromatic N) is 2. The van der Waals surface area contributed by atoms with E-state index in [1.807, 2.05) is 0 Å². The molecular formula is C19H18ClFN3NaO3. The van der Waals surface area contributed by atoms with Crippen LogP contribution in [0.4, 0.5) is 4.39 Å². The molecule has 0 bridgehead atoms. The number of carbonyl (C=O) groups excluding carboxylic acids is 2. The van der Waals surface area contributed by atoms with Crippen molar-refractivity contribution in [3.63, 3.8) is 0 Å². The SMILES string of the molecule is Cc1ncc2c(n1)CCCC2NC(=O)C(CC(=O)[O-])c1c(F)cccc1Cl.[Na+]. The first-order valence-electron chi connectivity index (χ1n) is 8.63. The minimum absolute atomic E-state index is 0. The van der Waals surface area contributed by atoms with Gasteiger partial charge in [-0.1, -0.05) is 17.7 Å². The molecule has 3 rings (SSSR count). The van der Waals surface area contributed by atoms with Crippen LogP contribution in [-0.4, -0.2) is 21.8 Å². The molecule has 1 aromatic carbocycles. The van der Waals surface area contributed by atoms with E-state index in [4.69, 9.17) is 11.6 Å². The van der Waals surface area contributed by atoms with Gasteiger partial charge in [0.05, 0.1) is 12.0 Å². The Bertz CT molecular complexity index is 876. The van der Waals surface area contributed by atoms with Crippen LogP contribution in [0.1, 0.15) is 53.9 Å². The van der Waals surface area contributed by atoms with Gasteiger partial charge >= 0.3 is 29.6 Å². The normalized spacial score (nSPS) is 16.5. The molecule has 1 aliphatic rings. The zero-order valence-electron chi connectivity index (χ0n) is 15.7. The Morgan fingerprint density at radius 3 is 2.86 bits per heavy atom. The van der Waals surface area contributed by atoms with E-state index in [0.29, 0.717) is 12.2 Å². The predicted molar refractivity (Wildman–Crippen MR) is 94.4 cm³/mol. The summed E-state index contributed by atoms with van der Waals surface area (Å²) >= 11 is 6.04. The summed E-state index contributed by atoms with van der Waals surface area (Å²) in [4.78, 5) is 32.6. The number of amides is 1. The Balaban J connectivity index is 0.00000280. The number of carboxylic acid groups (broad SMARTS) is 1. The van der Waals surface area contributed by atoms with Crippen molar-refractivity contribution >= 4 is 23.5 Å². The van der Waals surface area contributed by atoms with Crippen LogP contribution in [0.2, 0.25) is 5.02 Å². The smallest absolute Gasteiger partial charge is 0.550 e. The summed E-state index contributed by atoms with van der Waals surface area (Å²) in [7, 11) is 0. The van der Waals surface area contributed by atoms with Crippen molar-refractivity contribution in [3.05, 3.63) is 57.9 Å². The third-order valence-electron chi connectivity index (χ3n) is 4.65. The molecule has 9 heteroatoms. The molecule has 0 saturated heterocycles. The Labute approximate surface area is 189 Å². The Morgan fingerprint density at radius 1 is 1.43 bits per heavy atom. The molecule has 1 N–H and O–H groups in total. The van der Waals surface area contributed by atoms with Gasteiger partial charge in [-0.15, -0.1) is 0 Å². The van der Waals surface area contributed by atoms with Crippen molar-refractivity contribution in [1.82, 2.24) is 15.3 Å². The molecule has 0 fully saturated rings. The number of carbonyl (C=O) groups is 2. The van der Waals surface area contributed by atoms with Gasteiger partial charge in [0.2, 0.25) is 5.91 Å². The zero-order chi connectivity index (χ0) is 19.6. The van der Waals surface area contributed by atoms with E-state index in [9.17, 15) is 19.1 Å². The quantitative estimate of drug-likeness (QED) is 0.634. The number of halogens is 2. The van der Waals surface area contributed by atoms with Crippen molar-refractivity contribution in [1.29, 1.82) is 0 Å². The summed E-state index contributed by atoms with van der Waals surface area (Å²) < 4.78 is 14.3. The molecule has 1 aromatic heterocycles. The third kappa shape index (κ3) is 5.08. The second kappa shape index (κ2) is 9.78. The van der Waals surface area contributed by atoms with Crippen LogP contribution in [0.25, 0.3) is 0 Å². The summed E-state index contributed by atoms with van der Waals surface area (Å²) in [5.74, 6) is -3.46. The first-order chi connectivity index (χ1) is 12.9. The number of hydrogen-bond donors (Lipinski definition) is 1. The van der Waals surface area contributed by atoms with E-state index in [2.05, 4.69) is 15.3 Å². The number of carboxylic acids is 1. The number of aromatic nitrogens is 2. The van der Waals surface area contributed by atoms with Crippen LogP contribution in [-0.2, 0) is 16.0 Å². The largest absolute Gasteiger partial charge is 1.00 e. The van der Waals surface area contributed by atoms with Gasteiger partial charge in [-0.2, -0.15) is 0 Å². The molecule has 1 heterocycles. The van der Waals surface area contributed by atoms with Gasteiger partial charge < -0.3 is 15.2 Å². The number of rotatable bonds is 5. The van der Waals surface area contributed by atoms with Gasteiger partial charge in [0.1, 0.15) is 11.6 Å². The Kier molecular flexibility index (Phi) is 7.95. The number of aliphatic carboxylic acids is 1. The molecular weight excluding hydrogens is 396 g/mol. The van der Waals surface area contributed by atoms with E-state index in [1.165, 1.54) is 12.1 Å². The molecule has 2 unspecified atom stereocenters. The van der Waals surface area contributed by atoms with Gasteiger partial charge in [-0.05, 0) is 38.3 Å². The van der Waals surface area contributed by atoms with Crippen molar-refractivity contribution in [2.24, 2.45) is 0 Å². The monoisotopic (exact) mass is 413 g/mol. The predicted octanol–water partition coefficient (Wildman–Crippen LogP) is -1.00. The van der Waals surface area contributed by atoms with Gasteiger partial charge in [0, 0.05) is 40.4 Å². The fourth-order valence-electron chi connectivity index (χ4n) is 3.41. The van der Waals surface area contributed by atoms with Gasteiger partial charge in [-0.3, -0.25) is 4.79 Å². The first kappa shape index (κ1) is 22.7. The van der Waals surface area contributed by atoms with Crippen molar-refractivity contribution < 1.29 is 48.6 Å². The molecule has 142 valence electrons. The minimum Gasteiger partial charge on any atom is -0.550 e. The molecule has 6 nitrogen and oxygen atoms in total. The van der Waals surface area contributed by atoms with Gasteiger partial charge in [0.25, 0.3) is 0 Å². The molecule has 0 spiro atoms. The summed E-state index contributed by atoms with van der Waals surface area (Å²) in [5.41, 5.74) is 1.52. The third-order valence-corrected chi connectivity index (χ3v) is 4.98.